The predicted molar refractivity (Wildman–Crippen MR) is 72.9 cm³/mol. The van der Waals surface area contributed by atoms with E-state index < -0.39 is 24.2 Å². The molecule has 1 heterocycles. The lowest BCUT2D eigenvalue weighted by molar-refractivity contribution is -0.753. The van der Waals surface area contributed by atoms with Crippen molar-refractivity contribution in [2.75, 3.05) is 0 Å². The van der Waals surface area contributed by atoms with Crippen molar-refractivity contribution in [1.29, 1.82) is 5.26 Å². The van der Waals surface area contributed by atoms with Crippen LogP contribution in [0.25, 0.3) is 0 Å². The summed E-state index contributed by atoms with van der Waals surface area (Å²) in [6.07, 6.45) is -2.26. The number of alkyl halides is 3. The highest BCUT2D eigenvalue weighted by Gasteiger charge is 2.38. The number of nitrogens with zero attached hydrogens (tertiary/aromatic N) is 3. The third-order valence-electron chi connectivity index (χ3n) is 2.37. The van der Waals surface area contributed by atoms with Crippen LogP contribution in [-0.4, -0.2) is 45.4 Å². The summed E-state index contributed by atoms with van der Waals surface area (Å²) in [5.41, 5.74) is 0.323. The van der Waals surface area contributed by atoms with E-state index >= 15 is 0 Å². The Bertz CT molecular complexity index is 655. The Morgan fingerprint density at radius 3 is 2.32 bits per heavy atom. The normalized spacial score (nSPS) is 11.3. The molecule has 1 rings (SSSR count). The van der Waals surface area contributed by atoms with Gasteiger partial charge >= 0.3 is 18.1 Å². The monoisotopic (exact) mass is 363 g/mol. The summed E-state index contributed by atoms with van der Waals surface area (Å²) in [7, 11) is 0. The molecule has 12 heteroatoms. The van der Waals surface area contributed by atoms with Crippen LogP contribution in [0.3, 0.4) is 0 Å². The molecule has 3 N–H and O–H groups in total. The number of aryl methyl sites for hydroxylation is 1. The topological polar surface area (TPSA) is 144 Å². The van der Waals surface area contributed by atoms with E-state index in [2.05, 4.69) is 10.4 Å². The minimum atomic E-state index is -5.08. The van der Waals surface area contributed by atoms with Crippen LogP contribution in [0.2, 0.25) is 0 Å². The first-order valence-electron chi connectivity index (χ1n) is 6.55. The Kier molecular flexibility index (Phi) is 8.54. The standard InChI is InChI=1S/C11H12N4O3.C2HF3O2/c1-8(6-12)14-11(18)9-2-4-15(13-7-9)5-3-10(16)17;3-2(4,5)1(6)7/h2,4,7-8H,3,5H2,1H3,(H-,14,16,17,18);(H,6,7)/p+1. The van der Waals surface area contributed by atoms with Crippen LogP contribution < -0.4 is 10.00 Å². The van der Waals surface area contributed by atoms with Crippen molar-refractivity contribution in [3.8, 4) is 6.07 Å². The van der Waals surface area contributed by atoms with Gasteiger partial charge in [-0.1, -0.05) is 4.68 Å². The molecule has 0 bridgehead atoms. The second-order valence-corrected chi connectivity index (χ2v) is 4.45. The molecule has 1 atom stereocenters. The highest BCUT2D eigenvalue weighted by Crippen LogP contribution is 2.13. The van der Waals surface area contributed by atoms with Gasteiger partial charge in [-0.2, -0.15) is 18.4 Å². The first kappa shape index (κ1) is 21.8. The maximum Gasteiger partial charge on any atom is 0.490 e. The molecule has 0 aromatic carbocycles. The van der Waals surface area contributed by atoms with Gasteiger partial charge in [0.25, 0.3) is 5.91 Å². The van der Waals surface area contributed by atoms with Crippen LogP contribution in [0.5, 0.6) is 0 Å². The molecular weight excluding hydrogens is 349 g/mol. The molecule has 0 radical (unpaired) electrons. The highest BCUT2D eigenvalue weighted by atomic mass is 19.4. The van der Waals surface area contributed by atoms with Crippen LogP contribution >= 0.6 is 0 Å². The number of carbonyl (C=O) groups is 3. The zero-order valence-electron chi connectivity index (χ0n) is 12.8. The predicted octanol–water partition coefficient (Wildman–Crippen LogP) is 0.119. The van der Waals surface area contributed by atoms with Gasteiger partial charge < -0.3 is 15.5 Å². The fourth-order valence-corrected chi connectivity index (χ4v) is 1.17. The average Bonchev–Trinajstić information content (AvgIpc) is 2.52. The van der Waals surface area contributed by atoms with Crippen molar-refractivity contribution in [2.45, 2.75) is 32.1 Å². The smallest absolute Gasteiger partial charge is 0.481 e. The van der Waals surface area contributed by atoms with E-state index in [4.69, 9.17) is 20.3 Å². The third kappa shape index (κ3) is 9.49. The Morgan fingerprint density at radius 1 is 1.40 bits per heavy atom. The molecule has 0 fully saturated rings. The fourth-order valence-electron chi connectivity index (χ4n) is 1.17. The molecular formula is C13H14F3N4O5+. The van der Waals surface area contributed by atoms with Crippen molar-refractivity contribution in [3.05, 3.63) is 24.0 Å². The number of aliphatic carboxylic acids is 2. The number of hydrogen-bond acceptors (Lipinski definition) is 5. The van der Waals surface area contributed by atoms with Gasteiger partial charge in [-0.15, -0.1) is 0 Å². The summed E-state index contributed by atoms with van der Waals surface area (Å²) in [5.74, 6) is -4.05. The summed E-state index contributed by atoms with van der Waals surface area (Å²) >= 11 is 0. The average molecular weight is 363 g/mol. The van der Waals surface area contributed by atoms with E-state index in [-0.39, 0.29) is 18.9 Å². The van der Waals surface area contributed by atoms with Gasteiger partial charge in [0, 0.05) is 6.07 Å². The number of hydrogen-bond donors (Lipinski definition) is 3. The number of halogens is 3. The fraction of sp³-hybridized carbons (Fsp3) is 0.385. The molecule has 136 valence electrons. The maximum absolute atomic E-state index is 11.6. The van der Waals surface area contributed by atoms with Crippen LogP contribution in [0.1, 0.15) is 23.7 Å². The number of carboxylic acids is 2. The number of carbonyl (C=O) groups excluding carboxylic acids is 1. The minimum absolute atomic E-state index is 0.0331. The quantitative estimate of drug-likeness (QED) is 0.630. The molecule has 9 nitrogen and oxygen atoms in total. The molecule has 1 amide bonds. The van der Waals surface area contributed by atoms with Crippen LogP contribution in [0.15, 0.2) is 18.5 Å². The number of nitrogens with one attached hydrogen (secondary N) is 1. The molecule has 0 aliphatic rings. The Hall–Kier alpha value is -3.23. The van der Waals surface area contributed by atoms with E-state index in [9.17, 15) is 22.8 Å². The minimum Gasteiger partial charge on any atom is -0.481 e. The largest absolute Gasteiger partial charge is 0.490 e. The Labute approximate surface area is 139 Å². The molecule has 25 heavy (non-hydrogen) atoms. The third-order valence-corrected chi connectivity index (χ3v) is 2.37. The zero-order chi connectivity index (χ0) is 19.6. The second kappa shape index (κ2) is 9.81. The number of carboxylic acid groups (broad SMARTS) is 2. The van der Waals surface area contributed by atoms with E-state index in [0.717, 1.165) is 0 Å². The van der Waals surface area contributed by atoms with Crippen molar-refractivity contribution in [3.63, 3.8) is 0 Å². The summed E-state index contributed by atoms with van der Waals surface area (Å²) in [6, 6.07) is 2.84. The van der Waals surface area contributed by atoms with Gasteiger partial charge in [-0.25, -0.2) is 4.79 Å². The van der Waals surface area contributed by atoms with Crippen LogP contribution in [-0.2, 0) is 16.1 Å². The number of rotatable bonds is 5. The lowest BCUT2D eigenvalue weighted by Gasteiger charge is -2.04. The first-order valence-corrected chi connectivity index (χ1v) is 6.55. The highest BCUT2D eigenvalue weighted by molar-refractivity contribution is 5.94. The lowest BCUT2D eigenvalue weighted by Crippen LogP contribution is -2.39. The number of aromatic nitrogens is 2. The van der Waals surface area contributed by atoms with Gasteiger partial charge in [0.2, 0.25) is 0 Å². The van der Waals surface area contributed by atoms with E-state index in [0.29, 0.717) is 5.56 Å². The molecule has 0 saturated carbocycles. The second-order valence-electron chi connectivity index (χ2n) is 4.45. The van der Waals surface area contributed by atoms with Crippen molar-refractivity contribution in [2.24, 2.45) is 0 Å². The van der Waals surface area contributed by atoms with Gasteiger partial charge in [0.15, 0.2) is 12.7 Å². The van der Waals surface area contributed by atoms with Gasteiger partial charge in [0.05, 0.1) is 11.6 Å². The van der Waals surface area contributed by atoms with Crippen molar-refractivity contribution in [1.82, 2.24) is 10.4 Å². The number of nitriles is 1. The maximum atomic E-state index is 11.6. The van der Waals surface area contributed by atoms with Gasteiger partial charge in [-0.05, 0) is 12.0 Å². The van der Waals surface area contributed by atoms with Gasteiger partial charge in [-0.3, -0.25) is 9.59 Å². The van der Waals surface area contributed by atoms with E-state index in [1.807, 2.05) is 6.07 Å². The molecule has 0 saturated heterocycles. The zero-order valence-corrected chi connectivity index (χ0v) is 12.8. The van der Waals surface area contributed by atoms with E-state index in [1.165, 1.54) is 23.1 Å². The summed E-state index contributed by atoms with van der Waals surface area (Å²) < 4.78 is 33.2. The molecule has 0 aliphatic heterocycles. The van der Waals surface area contributed by atoms with Crippen molar-refractivity contribution < 1.29 is 42.4 Å². The van der Waals surface area contributed by atoms with Crippen LogP contribution in [0, 0.1) is 11.3 Å². The molecule has 0 spiro atoms. The van der Waals surface area contributed by atoms with E-state index in [1.54, 1.807) is 6.92 Å². The Morgan fingerprint density at radius 2 is 1.96 bits per heavy atom. The first-order chi connectivity index (χ1) is 11.5. The Balaban J connectivity index is 0.000000697. The van der Waals surface area contributed by atoms with Crippen LogP contribution in [0.4, 0.5) is 13.2 Å². The molecule has 1 aromatic rings. The molecule has 1 aromatic heterocycles. The molecule has 1 unspecified atom stereocenters. The van der Waals surface area contributed by atoms with Gasteiger partial charge in [0.1, 0.15) is 18.7 Å². The van der Waals surface area contributed by atoms with Crippen molar-refractivity contribution >= 4 is 17.8 Å². The summed E-state index contributed by atoms with van der Waals surface area (Å²) in [4.78, 5) is 30.8. The number of amides is 1. The SMILES string of the molecule is CC(C#N)NC(=O)c1cc[n+](CCC(=O)O)nc1.O=C(O)C(F)(F)F. The molecule has 0 aliphatic carbocycles. The summed E-state index contributed by atoms with van der Waals surface area (Å²) in [6.45, 7) is 1.81. The summed E-state index contributed by atoms with van der Waals surface area (Å²) in [5, 5.41) is 30.6. The lowest BCUT2D eigenvalue weighted by atomic mass is 10.2.